The van der Waals surface area contributed by atoms with Crippen molar-refractivity contribution in [2.75, 3.05) is 0 Å². The van der Waals surface area contributed by atoms with E-state index in [9.17, 15) is 18.3 Å². The highest BCUT2D eigenvalue weighted by molar-refractivity contribution is 7.19. The van der Waals surface area contributed by atoms with Crippen LogP contribution in [0.2, 0.25) is 0 Å². The monoisotopic (exact) mass is 300 g/mol. The van der Waals surface area contributed by atoms with E-state index in [1.807, 2.05) is 0 Å². The molecular weight excluding hydrogens is 293 g/mol. The molecule has 0 spiro atoms. The lowest BCUT2D eigenvalue weighted by Gasteiger charge is -2.02. The van der Waals surface area contributed by atoms with Gasteiger partial charge < -0.3 is 5.11 Å². The zero-order valence-corrected chi connectivity index (χ0v) is 10.8. The summed E-state index contributed by atoms with van der Waals surface area (Å²) in [6.07, 6.45) is -4.62. The van der Waals surface area contributed by atoms with Gasteiger partial charge in [-0.25, -0.2) is 0 Å². The Morgan fingerprint density at radius 1 is 1.25 bits per heavy atom. The second-order valence-corrected chi connectivity index (χ2v) is 5.10. The van der Waals surface area contributed by atoms with Crippen molar-refractivity contribution < 1.29 is 18.3 Å². The number of aryl methyl sites for hydroxylation is 1. The molecule has 1 N–H and O–H groups in total. The van der Waals surface area contributed by atoms with Crippen LogP contribution < -0.4 is 0 Å². The molecule has 0 bridgehead atoms. The lowest BCUT2D eigenvalue weighted by molar-refractivity contribution is -0.146. The van der Waals surface area contributed by atoms with Crippen molar-refractivity contribution in [3.8, 4) is 16.3 Å². The Kier molecular flexibility index (Phi) is 2.68. The molecule has 20 heavy (non-hydrogen) atoms. The first kappa shape index (κ1) is 12.9. The van der Waals surface area contributed by atoms with Crippen LogP contribution in [0, 0.1) is 6.92 Å². The number of alkyl halides is 3. The van der Waals surface area contributed by atoms with Crippen LogP contribution in [0.15, 0.2) is 18.2 Å². The van der Waals surface area contributed by atoms with Gasteiger partial charge in [0, 0.05) is 0 Å². The molecule has 3 rings (SSSR count). The van der Waals surface area contributed by atoms with Crippen LogP contribution in [0.25, 0.3) is 15.5 Å². The van der Waals surface area contributed by atoms with Crippen LogP contribution >= 0.6 is 11.3 Å². The number of aromatic hydroxyl groups is 1. The van der Waals surface area contributed by atoms with Crippen LogP contribution in [0.1, 0.15) is 11.4 Å². The summed E-state index contributed by atoms with van der Waals surface area (Å²) in [5.41, 5.74) is 1.20. The molecule has 0 radical (unpaired) electrons. The molecule has 0 unspecified atom stereocenters. The van der Waals surface area contributed by atoms with Gasteiger partial charge in [0.05, 0.1) is 5.56 Å². The Bertz CT molecular complexity index is 793. The minimum absolute atomic E-state index is 0.0206. The van der Waals surface area contributed by atoms with E-state index >= 15 is 0 Å². The van der Waals surface area contributed by atoms with Crippen LogP contribution in [-0.2, 0) is 6.18 Å². The molecule has 1 aromatic carbocycles. The molecule has 3 aromatic rings. The van der Waals surface area contributed by atoms with Crippen LogP contribution in [0.4, 0.5) is 13.2 Å². The summed E-state index contributed by atoms with van der Waals surface area (Å²) in [7, 11) is 0. The van der Waals surface area contributed by atoms with Crippen LogP contribution in [0.3, 0.4) is 0 Å². The first-order valence-corrected chi connectivity index (χ1v) is 6.27. The second kappa shape index (κ2) is 4.17. The van der Waals surface area contributed by atoms with Gasteiger partial charge >= 0.3 is 6.18 Å². The summed E-state index contributed by atoms with van der Waals surface area (Å²) in [5, 5.41) is 20.4. The number of phenols is 1. The summed E-state index contributed by atoms with van der Waals surface area (Å²) in [6, 6.07) is 4.86. The third-order valence-electron chi connectivity index (χ3n) is 2.63. The topological polar surface area (TPSA) is 63.3 Å². The summed E-state index contributed by atoms with van der Waals surface area (Å²) >= 11 is 0.926. The van der Waals surface area contributed by atoms with E-state index in [4.69, 9.17) is 0 Å². The Hall–Kier alpha value is -2.16. The van der Waals surface area contributed by atoms with Gasteiger partial charge in [0.25, 0.3) is 5.82 Å². The van der Waals surface area contributed by atoms with E-state index in [0.717, 1.165) is 16.9 Å². The van der Waals surface area contributed by atoms with Crippen molar-refractivity contribution in [3.63, 3.8) is 0 Å². The maximum Gasteiger partial charge on any atom is 0.453 e. The maximum atomic E-state index is 12.7. The third-order valence-corrected chi connectivity index (χ3v) is 3.56. The minimum atomic E-state index is -4.62. The van der Waals surface area contributed by atoms with Gasteiger partial charge in [0.15, 0.2) is 5.01 Å². The normalized spacial score (nSPS) is 12.2. The van der Waals surface area contributed by atoms with E-state index in [0.29, 0.717) is 10.1 Å². The van der Waals surface area contributed by atoms with Crippen LogP contribution in [-0.4, -0.2) is 24.9 Å². The lowest BCUT2D eigenvalue weighted by atomic mass is 10.1. The average molecular weight is 300 g/mol. The zero-order valence-electron chi connectivity index (χ0n) is 10.0. The predicted molar refractivity (Wildman–Crippen MR) is 65.5 cm³/mol. The van der Waals surface area contributed by atoms with Crippen molar-refractivity contribution in [1.29, 1.82) is 0 Å². The molecule has 0 aliphatic rings. The minimum Gasteiger partial charge on any atom is -0.507 e. The number of benzene rings is 1. The van der Waals surface area contributed by atoms with Crippen molar-refractivity contribution in [2.24, 2.45) is 0 Å². The van der Waals surface area contributed by atoms with Gasteiger partial charge in [-0.05, 0) is 24.6 Å². The van der Waals surface area contributed by atoms with Gasteiger partial charge in [0.2, 0.25) is 4.96 Å². The highest BCUT2D eigenvalue weighted by Gasteiger charge is 2.38. The van der Waals surface area contributed by atoms with Crippen LogP contribution in [0.5, 0.6) is 5.75 Å². The maximum absolute atomic E-state index is 12.7. The van der Waals surface area contributed by atoms with Crippen molar-refractivity contribution in [2.45, 2.75) is 13.1 Å². The van der Waals surface area contributed by atoms with Gasteiger partial charge in [-0.3, -0.25) is 0 Å². The lowest BCUT2D eigenvalue weighted by Crippen LogP contribution is -2.11. The molecule has 5 nitrogen and oxygen atoms in total. The molecule has 0 aliphatic heterocycles. The number of phenolic OH excluding ortho intramolecular Hbond substituents is 1. The highest BCUT2D eigenvalue weighted by atomic mass is 32.1. The first-order valence-electron chi connectivity index (χ1n) is 5.45. The molecule has 0 saturated heterocycles. The average Bonchev–Trinajstić information content (AvgIpc) is 2.86. The fraction of sp³-hybridized carbons (Fsp3) is 0.182. The summed E-state index contributed by atoms with van der Waals surface area (Å²) in [4.78, 5) is 0.0206. The molecular formula is C11H7F3N4OS. The Labute approximate surface area is 114 Å². The quantitative estimate of drug-likeness (QED) is 0.750. The van der Waals surface area contributed by atoms with E-state index < -0.39 is 12.0 Å². The fourth-order valence-corrected chi connectivity index (χ4v) is 2.60. The zero-order chi connectivity index (χ0) is 14.5. The highest BCUT2D eigenvalue weighted by Crippen LogP contribution is 2.35. The molecule has 0 fully saturated rings. The molecule has 0 atom stereocenters. The summed E-state index contributed by atoms with van der Waals surface area (Å²) in [6.45, 7) is 1.80. The van der Waals surface area contributed by atoms with E-state index in [2.05, 4.69) is 15.3 Å². The van der Waals surface area contributed by atoms with Gasteiger partial charge in [-0.2, -0.15) is 22.8 Å². The van der Waals surface area contributed by atoms with Gasteiger partial charge in [0.1, 0.15) is 5.75 Å². The Balaban J connectivity index is 2.16. The van der Waals surface area contributed by atoms with E-state index in [1.165, 1.54) is 6.07 Å². The van der Waals surface area contributed by atoms with Crippen molar-refractivity contribution >= 4 is 16.3 Å². The van der Waals surface area contributed by atoms with E-state index in [-0.39, 0.29) is 15.7 Å². The first-order chi connectivity index (χ1) is 9.36. The largest absolute Gasteiger partial charge is 0.507 e. The number of nitrogens with zero attached hydrogens (tertiary/aromatic N) is 4. The van der Waals surface area contributed by atoms with Gasteiger partial charge in [-0.15, -0.1) is 10.2 Å². The number of rotatable bonds is 1. The second-order valence-electron chi connectivity index (χ2n) is 4.14. The third kappa shape index (κ3) is 1.99. The van der Waals surface area contributed by atoms with Gasteiger partial charge in [-0.1, -0.05) is 17.4 Å². The molecule has 0 amide bonds. The molecule has 9 heteroatoms. The summed E-state index contributed by atoms with van der Waals surface area (Å²) < 4.78 is 38.7. The standard InChI is InChI=1S/C11H7F3N4OS/c1-5-2-3-6(7(19)4-5)8-17-18-9(11(12,13)14)15-16-10(18)20-8/h2-4,19H,1H3. The predicted octanol–water partition coefficient (Wildman–Crippen LogP) is 2.89. The Morgan fingerprint density at radius 3 is 2.65 bits per heavy atom. The number of aromatic nitrogens is 4. The smallest absolute Gasteiger partial charge is 0.453 e. The summed E-state index contributed by atoms with van der Waals surface area (Å²) in [5.74, 6) is -1.22. The molecule has 0 saturated carbocycles. The van der Waals surface area contributed by atoms with Crippen molar-refractivity contribution in [3.05, 3.63) is 29.6 Å². The number of halogens is 3. The molecule has 2 heterocycles. The molecule has 2 aromatic heterocycles. The number of hydrogen-bond acceptors (Lipinski definition) is 5. The molecule has 104 valence electrons. The fourth-order valence-electron chi connectivity index (χ4n) is 1.73. The SMILES string of the molecule is Cc1ccc(-c2nn3c(C(F)(F)F)nnc3s2)c(O)c1. The number of hydrogen-bond donors (Lipinski definition) is 1. The van der Waals surface area contributed by atoms with E-state index in [1.54, 1.807) is 19.1 Å². The Morgan fingerprint density at radius 2 is 2.00 bits per heavy atom. The number of fused-ring (bicyclic) bond motifs is 1. The molecule has 0 aliphatic carbocycles. The van der Waals surface area contributed by atoms with Crippen molar-refractivity contribution in [1.82, 2.24) is 19.8 Å².